The van der Waals surface area contributed by atoms with Gasteiger partial charge in [0.2, 0.25) is 0 Å². The summed E-state index contributed by atoms with van der Waals surface area (Å²) >= 11 is 0. The fraction of sp³-hybridized carbons (Fsp3) is 0.229. The number of hydrogen-bond donors (Lipinski definition) is 0. The van der Waals surface area contributed by atoms with Crippen molar-refractivity contribution in [1.29, 1.82) is 0 Å². The van der Waals surface area contributed by atoms with Gasteiger partial charge in [-0.15, -0.1) is 21.6 Å². The predicted octanol–water partition coefficient (Wildman–Crippen LogP) is 5.76. The Balaban J connectivity index is 1.90. The van der Waals surface area contributed by atoms with E-state index in [1.165, 1.54) is 10.9 Å². The number of methoxy groups -OCH3 is 1. The number of rotatable bonds is 10. The minimum atomic E-state index is -3.29. The highest BCUT2D eigenvalue weighted by molar-refractivity contribution is 7.00. The van der Waals surface area contributed by atoms with E-state index in [1.807, 2.05) is 79.7 Å². The number of carbonyl (C=O) groups is 1. The molecule has 230 valence electrons. The summed E-state index contributed by atoms with van der Waals surface area (Å²) in [6.07, 6.45) is 1.41. The molecule has 9 nitrogen and oxygen atoms in total. The quantitative estimate of drug-likeness (QED) is 0.0643. The van der Waals surface area contributed by atoms with Crippen molar-refractivity contribution in [2.75, 3.05) is 7.11 Å². The second kappa shape index (κ2) is 12.5. The van der Waals surface area contributed by atoms with Crippen LogP contribution in [0.4, 0.5) is 0 Å². The first-order valence-corrected chi connectivity index (χ1v) is 16.5. The van der Waals surface area contributed by atoms with E-state index in [2.05, 4.69) is 51.6 Å². The number of hydrogen-bond acceptors (Lipinski definition) is 7. The SMILES string of the molecule is C=CC(c1cc(C)cc(-n2nc3ccccc3n2)c1O[Si](c1ccccc1)(c1ccccc1)C(C)(C)C)C(C(=O)OC)[N+](=O)[O-]. The van der Waals surface area contributed by atoms with E-state index in [9.17, 15) is 14.9 Å². The van der Waals surface area contributed by atoms with Gasteiger partial charge in [-0.25, -0.2) is 4.79 Å². The summed E-state index contributed by atoms with van der Waals surface area (Å²) < 4.78 is 12.5. The minimum Gasteiger partial charge on any atom is -0.532 e. The van der Waals surface area contributed by atoms with Crippen LogP contribution in [0.5, 0.6) is 5.75 Å². The van der Waals surface area contributed by atoms with Crippen molar-refractivity contribution in [2.24, 2.45) is 0 Å². The standard InChI is InChI=1S/C35H36N4O5Si/c1-7-27(32(39(41)42)34(40)43-6)28-22-24(2)23-31(38-36-29-20-14-15-21-30(29)37-38)33(28)44-45(35(3,4)5,25-16-10-8-11-17-25)26-18-12-9-13-19-26/h7-23,27,32H,1H2,2-6H3. The third-order valence-electron chi connectivity index (χ3n) is 8.04. The van der Waals surface area contributed by atoms with Crippen molar-refractivity contribution in [2.45, 2.75) is 44.7 Å². The number of benzene rings is 4. The Morgan fingerprint density at radius 3 is 1.89 bits per heavy atom. The average Bonchev–Trinajstić information content (AvgIpc) is 3.47. The second-order valence-corrected chi connectivity index (χ2v) is 16.2. The van der Waals surface area contributed by atoms with E-state index >= 15 is 0 Å². The zero-order valence-corrected chi connectivity index (χ0v) is 27.0. The molecule has 0 aliphatic carbocycles. The van der Waals surface area contributed by atoms with Gasteiger partial charge in [0.25, 0.3) is 0 Å². The second-order valence-electron chi connectivity index (χ2n) is 12.0. The van der Waals surface area contributed by atoms with Gasteiger partial charge in [0.05, 0.1) is 13.0 Å². The van der Waals surface area contributed by atoms with Gasteiger partial charge in [0, 0.05) is 10.5 Å². The van der Waals surface area contributed by atoms with Crippen LogP contribution < -0.4 is 14.8 Å². The molecule has 0 aliphatic rings. The lowest BCUT2D eigenvalue weighted by Crippen LogP contribution is -2.69. The zero-order valence-electron chi connectivity index (χ0n) is 26.0. The van der Waals surface area contributed by atoms with Crippen molar-refractivity contribution in [3.63, 3.8) is 0 Å². The molecule has 4 aromatic carbocycles. The first-order valence-electron chi connectivity index (χ1n) is 14.6. The molecule has 0 N–H and O–H groups in total. The summed E-state index contributed by atoms with van der Waals surface area (Å²) in [5.74, 6) is -1.73. The van der Waals surface area contributed by atoms with E-state index in [1.54, 1.807) is 0 Å². The van der Waals surface area contributed by atoms with Crippen LogP contribution in [0.3, 0.4) is 0 Å². The van der Waals surface area contributed by atoms with Crippen molar-refractivity contribution in [1.82, 2.24) is 15.0 Å². The maximum absolute atomic E-state index is 12.9. The fourth-order valence-electron chi connectivity index (χ4n) is 5.97. The number of nitro groups is 1. The number of fused-ring (bicyclic) bond motifs is 1. The molecule has 1 aromatic heterocycles. The molecular formula is C35H36N4O5Si. The van der Waals surface area contributed by atoms with E-state index in [0.29, 0.717) is 28.0 Å². The molecule has 1 heterocycles. The Labute approximate surface area is 263 Å². The van der Waals surface area contributed by atoms with Crippen LogP contribution in [0.15, 0.2) is 110 Å². The van der Waals surface area contributed by atoms with E-state index in [0.717, 1.165) is 23.0 Å². The number of carbonyl (C=O) groups excluding carboxylic acids is 1. The molecule has 0 aliphatic heterocycles. The Kier molecular flexibility index (Phi) is 8.70. The summed E-state index contributed by atoms with van der Waals surface area (Å²) in [6.45, 7) is 12.2. The molecule has 0 bridgehead atoms. The molecule has 0 saturated heterocycles. The summed E-state index contributed by atoms with van der Waals surface area (Å²) in [4.78, 5) is 26.2. The maximum atomic E-state index is 12.9. The van der Waals surface area contributed by atoms with Crippen LogP contribution >= 0.6 is 0 Å². The number of aromatic nitrogens is 3. The van der Waals surface area contributed by atoms with E-state index in [-0.39, 0.29) is 0 Å². The molecule has 0 amide bonds. The van der Waals surface area contributed by atoms with Gasteiger partial charge < -0.3 is 9.16 Å². The van der Waals surface area contributed by atoms with Gasteiger partial charge >= 0.3 is 20.3 Å². The van der Waals surface area contributed by atoms with Gasteiger partial charge in [0.1, 0.15) is 22.5 Å². The number of ether oxygens (including phenoxy) is 1. The molecule has 10 heteroatoms. The van der Waals surface area contributed by atoms with Gasteiger partial charge in [-0.3, -0.25) is 10.1 Å². The Hall–Kier alpha value is -5.09. The van der Waals surface area contributed by atoms with E-state index in [4.69, 9.17) is 19.4 Å². The first-order chi connectivity index (χ1) is 21.5. The fourth-order valence-corrected chi connectivity index (χ4v) is 10.4. The Morgan fingerprint density at radius 1 is 0.933 bits per heavy atom. The zero-order chi connectivity index (χ0) is 32.4. The highest BCUT2D eigenvalue weighted by Gasteiger charge is 2.53. The monoisotopic (exact) mass is 620 g/mol. The average molecular weight is 621 g/mol. The third-order valence-corrected chi connectivity index (χ3v) is 13.0. The summed E-state index contributed by atoms with van der Waals surface area (Å²) in [6, 6.07) is 29.6. The van der Waals surface area contributed by atoms with Crippen LogP contribution in [0.25, 0.3) is 16.7 Å². The smallest absolute Gasteiger partial charge is 0.382 e. The largest absolute Gasteiger partial charge is 0.532 e. The number of nitrogens with zero attached hydrogens (tertiary/aromatic N) is 4. The molecule has 45 heavy (non-hydrogen) atoms. The van der Waals surface area contributed by atoms with Crippen LogP contribution in [0, 0.1) is 17.0 Å². The van der Waals surface area contributed by atoms with Crippen molar-refractivity contribution >= 4 is 35.7 Å². The Bertz CT molecular complexity index is 1780. The van der Waals surface area contributed by atoms with Gasteiger partial charge in [-0.05, 0) is 46.1 Å². The van der Waals surface area contributed by atoms with Crippen LogP contribution in [0.2, 0.25) is 5.04 Å². The molecule has 5 aromatic rings. The van der Waals surface area contributed by atoms with Crippen LogP contribution in [-0.2, 0) is 9.53 Å². The normalized spacial score (nSPS) is 13.2. The van der Waals surface area contributed by atoms with Crippen molar-refractivity contribution in [3.8, 4) is 11.4 Å². The van der Waals surface area contributed by atoms with Crippen molar-refractivity contribution < 1.29 is 18.9 Å². The highest BCUT2D eigenvalue weighted by atomic mass is 28.4. The number of esters is 1. The lowest BCUT2D eigenvalue weighted by atomic mass is 9.89. The van der Waals surface area contributed by atoms with Gasteiger partial charge in [0.15, 0.2) is 0 Å². The molecule has 2 atom stereocenters. The molecule has 0 spiro atoms. The lowest BCUT2D eigenvalue weighted by Gasteiger charge is -2.44. The summed E-state index contributed by atoms with van der Waals surface area (Å²) in [5, 5.41) is 23.5. The van der Waals surface area contributed by atoms with Gasteiger partial charge in [-0.2, -0.15) is 0 Å². The molecule has 2 unspecified atom stereocenters. The highest BCUT2D eigenvalue weighted by Crippen LogP contribution is 2.43. The first kappa shape index (κ1) is 31.3. The summed E-state index contributed by atoms with van der Waals surface area (Å²) in [5.41, 5.74) is 3.04. The lowest BCUT2D eigenvalue weighted by molar-refractivity contribution is -0.512. The predicted molar refractivity (Wildman–Crippen MR) is 178 cm³/mol. The molecule has 0 radical (unpaired) electrons. The maximum Gasteiger partial charge on any atom is 0.382 e. The molecule has 0 saturated carbocycles. The van der Waals surface area contributed by atoms with E-state index < -0.39 is 36.2 Å². The van der Waals surface area contributed by atoms with Gasteiger partial charge in [-0.1, -0.05) is 106 Å². The van der Waals surface area contributed by atoms with Crippen LogP contribution in [-0.4, -0.2) is 47.4 Å². The number of aryl methyl sites for hydroxylation is 1. The molecule has 0 fully saturated rings. The third kappa shape index (κ3) is 5.76. The molecule has 5 rings (SSSR count). The topological polar surface area (TPSA) is 109 Å². The minimum absolute atomic E-state index is 0.343. The summed E-state index contributed by atoms with van der Waals surface area (Å²) in [7, 11) is -2.15. The van der Waals surface area contributed by atoms with Crippen molar-refractivity contribution in [3.05, 3.63) is 131 Å². The Morgan fingerprint density at radius 2 is 1.44 bits per heavy atom. The molecular weight excluding hydrogens is 584 g/mol. The van der Waals surface area contributed by atoms with Crippen LogP contribution in [0.1, 0.15) is 37.8 Å².